The van der Waals surface area contributed by atoms with Crippen LogP contribution in [0, 0.1) is 0 Å². The topological polar surface area (TPSA) is 77.8 Å². The monoisotopic (exact) mass is 349 g/mol. The average molecular weight is 350 g/mol. The van der Waals surface area contributed by atoms with Gasteiger partial charge in [0.2, 0.25) is 0 Å². The molecule has 83 valence electrons. The molecule has 0 aliphatic carbocycles. The van der Waals surface area contributed by atoms with Gasteiger partial charge in [0, 0.05) is 0 Å². The molecule has 4 nitrogen and oxygen atoms in total. The van der Waals surface area contributed by atoms with Gasteiger partial charge in [-0.15, -0.1) is 0 Å². The van der Waals surface area contributed by atoms with Gasteiger partial charge in [0.05, 0.1) is 0 Å². The molecule has 1 rings (SSSR count). The number of rotatable bonds is 0. The van der Waals surface area contributed by atoms with E-state index in [0.29, 0.717) is 10.0 Å². The summed E-state index contributed by atoms with van der Waals surface area (Å²) >= 11 is 14.3. The van der Waals surface area contributed by atoms with Crippen molar-refractivity contribution in [2.45, 2.75) is 0 Å². The summed E-state index contributed by atoms with van der Waals surface area (Å²) in [4.78, 5) is 21.6. The Morgan fingerprint density at radius 2 is 1.64 bits per heavy atom. The minimum absolute atomic E-state index is 0.584. The Hall–Kier alpha value is 0.572. The Morgan fingerprint density at radius 1 is 1.21 bits per heavy atom. The maximum atomic E-state index is 8.88. The van der Waals surface area contributed by atoms with Gasteiger partial charge in [-0.1, -0.05) is 0 Å². The van der Waals surface area contributed by atoms with Gasteiger partial charge in [-0.05, 0) is 0 Å². The van der Waals surface area contributed by atoms with Gasteiger partial charge in [0.25, 0.3) is 0 Å². The van der Waals surface area contributed by atoms with Gasteiger partial charge in [-0.25, -0.2) is 4.57 Å². The second kappa shape index (κ2) is 6.22. The van der Waals surface area contributed by atoms with Crippen molar-refractivity contribution in [3.63, 3.8) is 0 Å². The third kappa shape index (κ3) is 7.93. The van der Waals surface area contributed by atoms with E-state index in [1.807, 2.05) is 12.1 Å². The third-order valence-electron chi connectivity index (χ3n) is 0.881. The Balaban J connectivity index is 0.000000292. The summed E-state index contributed by atoms with van der Waals surface area (Å²) in [6, 6.07) is 5.45. The van der Waals surface area contributed by atoms with Crippen LogP contribution in [0.3, 0.4) is 0 Å². The smallest absolute Gasteiger partial charge is 0.303 e. The summed E-state index contributed by atoms with van der Waals surface area (Å²) in [5.74, 6) is 0. The fourth-order valence-electron chi connectivity index (χ4n) is 0.464. The summed E-state index contributed by atoms with van der Waals surface area (Å²) in [5, 5.41) is 1.17. The summed E-state index contributed by atoms with van der Waals surface area (Å²) in [6.07, 6.45) is 0. The predicted molar refractivity (Wildman–Crippen MR) is 50.4 cm³/mol. The van der Waals surface area contributed by atoms with Crippen molar-refractivity contribution in [2.75, 3.05) is 0 Å². The SMILES string of the molecule is Clc1ccc[c]([Pd])c1Cl.O=P(O)(O)O. The first kappa shape index (κ1) is 14.6. The molecule has 0 aromatic heterocycles. The standard InChI is InChI=1S/C6H3Cl2.H3O4P.Pd/c7-5-3-1-2-4-6(5)8;1-5(2,3)4;/h1-3H;(H3,1,2,3,4);. The zero-order chi connectivity index (χ0) is 11.4. The molecule has 1 aromatic rings. The maximum absolute atomic E-state index is 8.88. The average Bonchev–Trinajstić information content (AvgIpc) is 1.97. The molecule has 0 radical (unpaired) electrons. The summed E-state index contributed by atoms with van der Waals surface area (Å²) < 4.78 is 9.75. The number of phosphoric acid groups is 1. The second-order valence-electron chi connectivity index (χ2n) is 2.02. The van der Waals surface area contributed by atoms with E-state index < -0.39 is 7.82 Å². The van der Waals surface area contributed by atoms with Crippen molar-refractivity contribution in [1.82, 2.24) is 0 Å². The van der Waals surface area contributed by atoms with Gasteiger partial charge >= 0.3 is 82.5 Å². The number of halogens is 2. The van der Waals surface area contributed by atoms with Crippen LogP contribution in [0.4, 0.5) is 0 Å². The van der Waals surface area contributed by atoms with Crippen molar-refractivity contribution in [1.29, 1.82) is 0 Å². The molecule has 0 spiro atoms. The first-order valence-corrected chi connectivity index (χ1v) is 6.16. The van der Waals surface area contributed by atoms with Crippen molar-refractivity contribution in [3.8, 4) is 0 Å². The van der Waals surface area contributed by atoms with Gasteiger partial charge in [-0.2, -0.15) is 0 Å². The Labute approximate surface area is 102 Å². The zero-order valence-electron chi connectivity index (χ0n) is 6.50. The van der Waals surface area contributed by atoms with Crippen LogP contribution in [0.25, 0.3) is 0 Å². The maximum Gasteiger partial charge on any atom is 0.466 e. The van der Waals surface area contributed by atoms with E-state index in [1.165, 1.54) is 0 Å². The Morgan fingerprint density at radius 3 is 1.93 bits per heavy atom. The molecular weight excluding hydrogens is 344 g/mol. The first-order valence-electron chi connectivity index (χ1n) is 3.06. The number of benzene rings is 1. The van der Waals surface area contributed by atoms with E-state index in [1.54, 1.807) is 6.07 Å². The van der Waals surface area contributed by atoms with Crippen molar-refractivity contribution in [2.24, 2.45) is 0 Å². The predicted octanol–water partition coefficient (Wildman–Crippen LogP) is 1.24. The molecular formula is C6H6Cl2O4PPd. The fourth-order valence-corrected chi connectivity index (χ4v) is 1.23. The van der Waals surface area contributed by atoms with Crippen molar-refractivity contribution < 1.29 is 38.4 Å². The molecule has 0 saturated carbocycles. The van der Waals surface area contributed by atoms with Crippen LogP contribution in [0.1, 0.15) is 0 Å². The van der Waals surface area contributed by atoms with Crippen molar-refractivity contribution in [3.05, 3.63) is 28.2 Å². The van der Waals surface area contributed by atoms with Crippen LogP contribution < -0.4 is 4.04 Å². The summed E-state index contributed by atoms with van der Waals surface area (Å²) in [6.45, 7) is 0. The zero-order valence-corrected chi connectivity index (χ0v) is 10.5. The molecule has 0 bridgehead atoms. The molecule has 8 heteroatoms. The molecule has 0 heterocycles. The summed E-state index contributed by atoms with van der Waals surface area (Å²) in [5.41, 5.74) is 0. The van der Waals surface area contributed by atoms with Gasteiger partial charge in [0.1, 0.15) is 0 Å². The van der Waals surface area contributed by atoms with Crippen LogP contribution in [0.15, 0.2) is 18.2 Å². The molecule has 3 N–H and O–H groups in total. The minimum atomic E-state index is -4.64. The van der Waals surface area contributed by atoms with Crippen LogP contribution in [0.2, 0.25) is 10.0 Å². The van der Waals surface area contributed by atoms with Gasteiger partial charge in [-0.3, -0.25) is 0 Å². The van der Waals surface area contributed by atoms with Crippen molar-refractivity contribution >= 4 is 35.1 Å². The Kier molecular flexibility index (Phi) is 6.47. The molecule has 0 unspecified atom stereocenters. The molecule has 14 heavy (non-hydrogen) atoms. The minimum Gasteiger partial charge on any atom is -0.303 e. The van der Waals surface area contributed by atoms with E-state index in [2.05, 4.69) is 19.2 Å². The second-order valence-corrected chi connectivity index (χ2v) is 4.66. The molecule has 1 aromatic carbocycles. The van der Waals surface area contributed by atoms with Crippen LogP contribution in [-0.4, -0.2) is 14.7 Å². The van der Waals surface area contributed by atoms with Gasteiger partial charge in [0.15, 0.2) is 0 Å². The normalized spacial score (nSPS) is 10.5. The van der Waals surface area contributed by atoms with E-state index in [9.17, 15) is 0 Å². The van der Waals surface area contributed by atoms with Crippen LogP contribution >= 0.6 is 31.0 Å². The molecule has 0 fully saturated rings. The first-order chi connectivity index (χ1) is 6.22. The molecule has 0 saturated heterocycles. The fraction of sp³-hybridized carbons (Fsp3) is 0. The molecule has 0 atom stereocenters. The van der Waals surface area contributed by atoms with Crippen LogP contribution in [-0.2, 0) is 23.8 Å². The number of hydrogen-bond acceptors (Lipinski definition) is 1. The van der Waals surface area contributed by atoms with E-state index in [4.69, 9.17) is 42.4 Å². The number of hydrogen-bond donors (Lipinski definition) is 3. The van der Waals surface area contributed by atoms with Crippen LogP contribution in [0.5, 0.6) is 0 Å². The summed E-state index contributed by atoms with van der Waals surface area (Å²) in [7, 11) is -4.64. The third-order valence-corrected chi connectivity index (χ3v) is 2.56. The molecule has 0 aliphatic rings. The van der Waals surface area contributed by atoms with E-state index in [-0.39, 0.29) is 0 Å². The molecule has 0 amide bonds. The quantitative estimate of drug-likeness (QED) is 0.486. The molecule has 0 aliphatic heterocycles. The van der Waals surface area contributed by atoms with E-state index >= 15 is 0 Å². The van der Waals surface area contributed by atoms with Gasteiger partial charge < -0.3 is 14.7 Å². The Bertz CT molecular complexity index is 325. The van der Waals surface area contributed by atoms with E-state index in [0.717, 1.165) is 4.04 Å². The largest absolute Gasteiger partial charge is 0.466 e.